The van der Waals surface area contributed by atoms with Crippen molar-refractivity contribution in [3.63, 3.8) is 0 Å². The average Bonchev–Trinajstić information content (AvgIpc) is 2.91. The van der Waals surface area contributed by atoms with E-state index < -0.39 is 12.1 Å². The lowest BCUT2D eigenvalue weighted by molar-refractivity contribution is -0.141. The molecule has 1 saturated heterocycles. The van der Waals surface area contributed by atoms with E-state index in [0.29, 0.717) is 26.2 Å². The minimum Gasteiger partial charge on any atom is -0.481 e. The number of hydrogen-bond acceptors (Lipinski definition) is 4. The number of aliphatic carboxylic acids is 1. The Bertz CT molecular complexity index is 449. The lowest BCUT2D eigenvalue weighted by Crippen LogP contribution is -2.50. The molecule has 2 heterocycles. The number of carbonyl (C=O) groups excluding carboxylic acids is 1. The first-order valence-electron chi connectivity index (χ1n) is 6.52. The van der Waals surface area contributed by atoms with Crippen molar-refractivity contribution in [1.82, 2.24) is 10.2 Å². The summed E-state index contributed by atoms with van der Waals surface area (Å²) in [7, 11) is 0. The Morgan fingerprint density at radius 2 is 2.40 bits per heavy atom. The molecule has 1 aliphatic rings. The quantitative estimate of drug-likeness (QED) is 0.855. The molecule has 2 amide bonds. The van der Waals surface area contributed by atoms with Gasteiger partial charge in [0.1, 0.15) is 0 Å². The van der Waals surface area contributed by atoms with Crippen molar-refractivity contribution in [1.29, 1.82) is 0 Å². The van der Waals surface area contributed by atoms with Gasteiger partial charge < -0.3 is 20.1 Å². The highest BCUT2D eigenvalue weighted by atomic mass is 32.1. The molecule has 0 spiro atoms. The topological polar surface area (TPSA) is 78.9 Å². The SMILES string of the molecule is O=C(O)CC1CN(C(=O)NCCc2ccsc2)CCO1. The van der Waals surface area contributed by atoms with Crippen LogP contribution in [0.4, 0.5) is 4.79 Å². The van der Waals surface area contributed by atoms with E-state index in [2.05, 4.69) is 10.7 Å². The van der Waals surface area contributed by atoms with Gasteiger partial charge in [-0.25, -0.2) is 4.79 Å². The van der Waals surface area contributed by atoms with Gasteiger partial charge in [0.05, 0.1) is 19.1 Å². The van der Waals surface area contributed by atoms with Crippen molar-refractivity contribution in [3.8, 4) is 0 Å². The monoisotopic (exact) mass is 298 g/mol. The first-order valence-corrected chi connectivity index (χ1v) is 7.46. The van der Waals surface area contributed by atoms with Gasteiger partial charge >= 0.3 is 12.0 Å². The molecule has 1 aliphatic heterocycles. The highest BCUT2D eigenvalue weighted by Crippen LogP contribution is 2.09. The number of nitrogens with one attached hydrogen (secondary N) is 1. The Balaban J connectivity index is 1.72. The standard InChI is InChI=1S/C13H18N2O4S/c16-12(17)7-11-8-15(4-5-19-11)13(18)14-3-1-10-2-6-20-9-10/h2,6,9,11H,1,3-5,7-8H2,(H,14,18)(H,16,17). The van der Waals surface area contributed by atoms with Crippen LogP contribution >= 0.6 is 11.3 Å². The molecule has 1 aromatic heterocycles. The van der Waals surface area contributed by atoms with Crippen LogP contribution in [0.15, 0.2) is 16.8 Å². The van der Waals surface area contributed by atoms with Crippen molar-refractivity contribution in [2.45, 2.75) is 18.9 Å². The van der Waals surface area contributed by atoms with E-state index in [0.717, 1.165) is 6.42 Å². The molecule has 0 aliphatic carbocycles. The van der Waals surface area contributed by atoms with E-state index >= 15 is 0 Å². The molecule has 0 bridgehead atoms. The number of carboxylic acids is 1. The van der Waals surface area contributed by atoms with E-state index in [1.54, 1.807) is 16.2 Å². The molecule has 0 radical (unpaired) electrons. The smallest absolute Gasteiger partial charge is 0.317 e. The molecule has 1 aromatic rings. The summed E-state index contributed by atoms with van der Waals surface area (Å²) in [6.07, 6.45) is 0.320. The van der Waals surface area contributed by atoms with Crippen LogP contribution in [0.5, 0.6) is 0 Å². The van der Waals surface area contributed by atoms with E-state index in [4.69, 9.17) is 9.84 Å². The number of carboxylic acid groups (broad SMARTS) is 1. The summed E-state index contributed by atoms with van der Waals surface area (Å²) in [5.41, 5.74) is 1.21. The van der Waals surface area contributed by atoms with E-state index in [-0.39, 0.29) is 12.5 Å². The van der Waals surface area contributed by atoms with Crippen LogP contribution < -0.4 is 5.32 Å². The fraction of sp³-hybridized carbons (Fsp3) is 0.538. The summed E-state index contributed by atoms with van der Waals surface area (Å²) in [5, 5.41) is 15.7. The number of rotatable bonds is 5. The van der Waals surface area contributed by atoms with Gasteiger partial charge in [0, 0.05) is 19.6 Å². The zero-order valence-corrected chi connectivity index (χ0v) is 11.9. The van der Waals surface area contributed by atoms with Crippen molar-refractivity contribution in [2.24, 2.45) is 0 Å². The van der Waals surface area contributed by atoms with Gasteiger partial charge in [-0.15, -0.1) is 0 Å². The maximum absolute atomic E-state index is 12.0. The van der Waals surface area contributed by atoms with E-state index in [1.807, 2.05) is 11.4 Å². The molecule has 20 heavy (non-hydrogen) atoms. The molecule has 110 valence electrons. The minimum atomic E-state index is -0.908. The summed E-state index contributed by atoms with van der Waals surface area (Å²) in [4.78, 5) is 24.2. The molecule has 1 unspecified atom stereocenters. The number of thiophene rings is 1. The fourth-order valence-corrected chi connectivity index (χ4v) is 2.79. The van der Waals surface area contributed by atoms with Crippen LogP contribution in [0, 0.1) is 0 Å². The molecule has 2 N–H and O–H groups in total. The predicted molar refractivity (Wildman–Crippen MR) is 75.0 cm³/mol. The van der Waals surface area contributed by atoms with Gasteiger partial charge in [-0.05, 0) is 28.8 Å². The Labute approximate surface area is 121 Å². The maximum Gasteiger partial charge on any atom is 0.317 e. The average molecular weight is 298 g/mol. The summed E-state index contributed by atoms with van der Waals surface area (Å²) >= 11 is 1.64. The van der Waals surface area contributed by atoms with Gasteiger partial charge in [-0.1, -0.05) is 0 Å². The van der Waals surface area contributed by atoms with Crippen LogP contribution in [-0.4, -0.2) is 54.4 Å². The Kier molecular flexibility index (Phi) is 5.37. The van der Waals surface area contributed by atoms with Crippen LogP contribution in [0.3, 0.4) is 0 Å². The Morgan fingerprint density at radius 1 is 1.55 bits per heavy atom. The summed E-state index contributed by atoms with van der Waals surface area (Å²) in [6.45, 7) is 1.80. The minimum absolute atomic E-state index is 0.0708. The molecule has 1 fully saturated rings. The van der Waals surface area contributed by atoms with Gasteiger partial charge in [-0.3, -0.25) is 4.79 Å². The predicted octanol–water partition coefficient (Wildman–Crippen LogP) is 1.18. The maximum atomic E-state index is 12.0. The summed E-state index contributed by atoms with van der Waals surface area (Å²) in [6, 6.07) is 1.88. The number of nitrogens with zero attached hydrogens (tertiary/aromatic N) is 1. The molecular formula is C13H18N2O4S. The van der Waals surface area contributed by atoms with Crippen molar-refractivity contribution >= 4 is 23.3 Å². The molecular weight excluding hydrogens is 280 g/mol. The molecule has 7 heteroatoms. The van der Waals surface area contributed by atoms with Crippen LogP contribution in [0.1, 0.15) is 12.0 Å². The highest BCUT2D eigenvalue weighted by molar-refractivity contribution is 7.07. The summed E-state index contributed by atoms with van der Waals surface area (Å²) in [5.74, 6) is -0.908. The van der Waals surface area contributed by atoms with Gasteiger partial charge in [0.15, 0.2) is 0 Å². The zero-order chi connectivity index (χ0) is 14.4. The number of ether oxygens (including phenoxy) is 1. The first-order chi connectivity index (χ1) is 9.65. The number of amides is 2. The lowest BCUT2D eigenvalue weighted by atomic mass is 10.2. The highest BCUT2D eigenvalue weighted by Gasteiger charge is 2.25. The van der Waals surface area contributed by atoms with E-state index in [9.17, 15) is 9.59 Å². The van der Waals surface area contributed by atoms with Crippen LogP contribution in [-0.2, 0) is 16.0 Å². The third kappa shape index (κ3) is 4.50. The van der Waals surface area contributed by atoms with Gasteiger partial charge in [0.25, 0.3) is 0 Å². The second kappa shape index (κ2) is 7.25. The lowest BCUT2D eigenvalue weighted by Gasteiger charge is -2.32. The Hall–Kier alpha value is -1.60. The number of carbonyl (C=O) groups is 2. The van der Waals surface area contributed by atoms with Crippen molar-refractivity contribution in [2.75, 3.05) is 26.2 Å². The zero-order valence-electron chi connectivity index (χ0n) is 11.1. The third-order valence-corrected chi connectivity index (χ3v) is 3.83. The normalized spacial score (nSPS) is 18.8. The second-order valence-electron chi connectivity index (χ2n) is 4.65. The van der Waals surface area contributed by atoms with Crippen molar-refractivity contribution < 1.29 is 19.4 Å². The molecule has 1 atom stereocenters. The largest absolute Gasteiger partial charge is 0.481 e. The third-order valence-electron chi connectivity index (χ3n) is 3.10. The number of morpholine rings is 1. The van der Waals surface area contributed by atoms with Gasteiger partial charge in [-0.2, -0.15) is 11.3 Å². The summed E-state index contributed by atoms with van der Waals surface area (Å²) < 4.78 is 5.33. The first kappa shape index (κ1) is 14.8. The van der Waals surface area contributed by atoms with Crippen molar-refractivity contribution in [3.05, 3.63) is 22.4 Å². The molecule has 0 saturated carbocycles. The fourth-order valence-electron chi connectivity index (χ4n) is 2.08. The number of hydrogen-bond donors (Lipinski definition) is 2. The number of urea groups is 1. The molecule has 2 rings (SSSR count). The molecule has 0 aromatic carbocycles. The Morgan fingerprint density at radius 3 is 3.10 bits per heavy atom. The van der Waals surface area contributed by atoms with Gasteiger partial charge in [0.2, 0.25) is 0 Å². The van der Waals surface area contributed by atoms with E-state index in [1.165, 1.54) is 5.56 Å². The van der Waals surface area contributed by atoms with Crippen LogP contribution in [0.25, 0.3) is 0 Å². The second-order valence-corrected chi connectivity index (χ2v) is 5.43. The van der Waals surface area contributed by atoms with Crippen LogP contribution in [0.2, 0.25) is 0 Å². The molecule has 6 nitrogen and oxygen atoms in total.